The van der Waals surface area contributed by atoms with Crippen LogP contribution in [0.3, 0.4) is 0 Å². The van der Waals surface area contributed by atoms with Gasteiger partial charge in [0.2, 0.25) is 12.3 Å². The predicted octanol–water partition coefficient (Wildman–Crippen LogP) is 5.27. The Morgan fingerprint density at radius 1 is 0.920 bits per heavy atom. The van der Waals surface area contributed by atoms with Crippen LogP contribution in [0.2, 0.25) is 0 Å². The van der Waals surface area contributed by atoms with Crippen molar-refractivity contribution in [3.63, 3.8) is 0 Å². The van der Waals surface area contributed by atoms with Gasteiger partial charge in [0.05, 0.1) is 40.3 Å². The Balaban J connectivity index is 1.46. The largest absolute Gasteiger partial charge is 0.356 e. The average molecular weight is 721 g/mol. The molecule has 4 rings (SSSR count). The van der Waals surface area contributed by atoms with Gasteiger partial charge in [-0.3, -0.25) is 19.9 Å². The number of Topliss-reactive ketones (excluding diaryl/α,β-unsaturated/α-hetero) is 1. The van der Waals surface area contributed by atoms with Crippen molar-refractivity contribution in [3.05, 3.63) is 104 Å². The number of aliphatic hydroxyl groups is 1. The van der Waals surface area contributed by atoms with E-state index in [2.05, 4.69) is 39.8 Å². The van der Waals surface area contributed by atoms with E-state index in [1.807, 2.05) is 79.9 Å². The second kappa shape index (κ2) is 19.4. The van der Waals surface area contributed by atoms with Crippen molar-refractivity contribution in [1.82, 2.24) is 30.8 Å². The van der Waals surface area contributed by atoms with Crippen molar-refractivity contribution in [2.24, 2.45) is 5.92 Å². The van der Waals surface area contributed by atoms with E-state index in [4.69, 9.17) is 4.74 Å². The minimum absolute atomic E-state index is 0.0205. The number of nitrogens with zero attached hydrogens (tertiary/aromatic N) is 3. The van der Waals surface area contributed by atoms with Gasteiger partial charge in [-0.05, 0) is 29.9 Å². The van der Waals surface area contributed by atoms with Crippen LogP contribution in [0.25, 0.3) is 0 Å². The maximum atomic E-state index is 14.0. The van der Waals surface area contributed by atoms with E-state index in [1.54, 1.807) is 30.1 Å². The molecule has 0 aliphatic carbocycles. The number of aliphatic hydroxyl groups excluding tert-OH is 1. The van der Waals surface area contributed by atoms with E-state index >= 15 is 0 Å². The van der Waals surface area contributed by atoms with Gasteiger partial charge >= 0.3 is 6.03 Å². The number of carbonyl (C=O) groups excluding carboxylic acids is 3. The molecule has 2 aromatic heterocycles. The van der Waals surface area contributed by atoms with Crippen molar-refractivity contribution < 1.29 is 24.2 Å². The highest BCUT2D eigenvalue weighted by atomic mass is 32.1. The Labute approximate surface area is 302 Å². The SMILES string of the molecule is CC(C)c1nc(CN(C)C(=O)NC(C(=O)NC(CC(=O)[C@@H](Cc2ccccc2)NC(O)OCc2cncs2)Cc2ccccc2)C(C)C)cs1. The van der Waals surface area contributed by atoms with Gasteiger partial charge in [-0.15, -0.1) is 22.7 Å². The number of rotatable bonds is 19. The topological polar surface area (TPSA) is 146 Å². The van der Waals surface area contributed by atoms with Crippen molar-refractivity contribution >= 4 is 40.4 Å². The molecule has 0 spiro atoms. The van der Waals surface area contributed by atoms with Crippen molar-refractivity contribution in [2.45, 2.75) is 90.6 Å². The third-order valence-corrected chi connectivity index (χ3v) is 9.99. The number of carbonyl (C=O) groups is 3. The summed E-state index contributed by atoms with van der Waals surface area (Å²) in [7, 11) is 1.67. The van der Waals surface area contributed by atoms with E-state index in [1.165, 1.54) is 16.2 Å². The summed E-state index contributed by atoms with van der Waals surface area (Å²) >= 11 is 2.97. The summed E-state index contributed by atoms with van der Waals surface area (Å²) in [6, 6.07) is 16.5. The standard InChI is InChI=1S/C37H48N6O5S2/c1-24(2)33(42-36(46)43(5)20-29-22-49-35(40-29)25(3)4)34(45)39-28(16-26-12-8-6-9-13-26)18-32(44)31(17-27-14-10-7-11-15-27)41-37(47)48-21-30-19-38-23-50-30/h6-15,19,22-25,28,31,33,37,41,47H,16-18,20-21H2,1-5H3,(H,39,45)(H,42,46)/t28?,31-,33?,37?/m1/s1. The molecule has 4 N–H and O–H groups in total. The molecule has 268 valence electrons. The van der Waals surface area contributed by atoms with Crippen LogP contribution in [0.15, 0.2) is 77.8 Å². The lowest BCUT2D eigenvalue weighted by Crippen LogP contribution is -2.55. The monoisotopic (exact) mass is 720 g/mol. The quantitative estimate of drug-likeness (QED) is 0.0960. The number of nitrogens with one attached hydrogen (secondary N) is 3. The van der Waals surface area contributed by atoms with Crippen LogP contribution in [0.1, 0.15) is 66.7 Å². The first-order chi connectivity index (χ1) is 24.0. The smallest absolute Gasteiger partial charge is 0.318 e. The zero-order chi connectivity index (χ0) is 36.0. The predicted molar refractivity (Wildman–Crippen MR) is 197 cm³/mol. The highest BCUT2D eigenvalue weighted by molar-refractivity contribution is 7.09. The number of ether oxygens (including phenoxy) is 1. The van der Waals surface area contributed by atoms with Crippen LogP contribution < -0.4 is 16.0 Å². The molecule has 0 aliphatic rings. The van der Waals surface area contributed by atoms with Crippen LogP contribution in [-0.2, 0) is 40.3 Å². The number of aromatic nitrogens is 2. The minimum Gasteiger partial charge on any atom is -0.356 e. The summed E-state index contributed by atoms with van der Waals surface area (Å²) in [5, 5.41) is 22.6. The molecule has 0 fully saturated rings. The maximum absolute atomic E-state index is 14.0. The Morgan fingerprint density at radius 3 is 2.16 bits per heavy atom. The fourth-order valence-corrected chi connectivity index (χ4v) is 6.65. The molecule has 0 aliphatic heterocycles. The van der Waals surface area contributed by atoms with Gasteiger partial charge in [-0.2, -0.15) is 0 Å². The van der Waals surface area contributed by atoms with Gasteiger partial charge in [0.1, 0.15) is 6.04 Å². The Bertz CT molecular complexity index is 1620. The highest BCUT2D eigenvalue weighted by Gasteiger charge is 2.30. The maximum Gasteiger partial charge on any atom is 0.318 e. The van der Waals surface area contributed by atoms with Crippen molar-refractivity contribution in [2.75, 3.05) is 7.05 Å². The van der Waals surface area contributed by atoms with Gasteiger partial charge < -0.3 is 25.4 Å². The molecule has 4 atom stereocenters. The van der Waals surface area contributed by atoms with Crippen LogP contribution >= 0.6 is 22.7 Å². The number of hydrogen-bond acceptors (Lipinski definition) is 10. The molecular formula is C37H48N6O5S2. The van der Waals surface area contributed by atoms with Gasteiger partial charge in [-0.1, -0.05) is 88.4 Å². The zero-order valence-corrected chi connectivity index (χ0v) is 30.9. The van der Waals surface area contributed by atoms with E-state index in [0.717, 1.165) is 26.7 Å². The van der Waals surface area contributed by atoms with Crippen LogP contribution in [0, 0.1) is 5.92 Å². The molecular weight excluding hydrogens is 673 g/mol. The molecule has 50 heavy (non-hydrogen) atoms. The molecule has 0 radical (unpaired) electrons. The molecule has 3 amide bonds. The summed E-state index contributed by atoms with van der Waals surface area (Å²) in [4.78, 5) is 52.1. The first-order valence-electron chi connectivity index (χ1n) is 16.8. The number of hydrogen-bond donors (Lipinski definition) is 4. The minimum atomic E-state index is -1.41. The van der Waals surface area contributed by atoms with E-state index in [0.29, 0.717) is 25.3 Å². The fraction of sp³-hybridized carbons (Fsp3) is 0.432. The van der Waals surface area contributed by atoms with Crippen molar-refractivity contribution in [3.8, 4) is 0 Å². The summed E-state index contributed by atoms with van der Waals surface area (Å²) in [5.41, 5.74) is 4.32. The summed E-state index contributed by atoms with van der Waals surface area (Å²) in [5.74, 6) is -0.517. The molecule has 2 aromatic carbocycles. The number of benzene rings is 2. The zero-order valence-electron chi connectivity index (χ0n) is 29.2. The lowest BCUT2D eigenvalue weighted by molar-refractivity contribution is -0.143. The molecule has 2 heterocycles. The first-order valence-corrected chi connectivity index (χ1v) is 18.5. The Hall–Kier alpha value is -4.01. The molecule has 4 aromatic rings. The molecule has 13 heteroatoms. The molecule has 0 saturated heterocycles. The second-order valence-electron chi connectivity index (χ2n) is 13.0. The van der Waals surface area contributed by atoms with E-state index < -0.39 is 30.6 Å². The highest BCUT2D eigenvalue weighted by Crippen LogP contribution is 2.20. The van der Waals surface area contributed by atoms with E-state index in [-0.39, 0.29) is 30.6 Å². The lowest BCUT2D eigenvalue weighted by atomic mass is 9.94. The lowest BCUT2D eigenvalue weighted by Gasteiger charge is -2.28. The van der Waals surface area contributed by atoms with Crippen LogP contribution in [-0.4, -0.2) is 69.3 Å². The van der Waals surface area contributed by atoms with Crippen LogP contribution in [0.5, 0.6) is 0 Å². The summed E-state index contributed by atoms with van der Waals surface area (Å²) < 4.78 is 5.58. The normalized spacial score (nSPS) is 13.8. The van der Waals surface area contributed by atoms with E-state index in [9.17, 15) is 19.5 Å². The van der Waals surface area contributed by atoms with Gasteiger partial charge in [0.25, 0.3) is 0 Å². The molecule has 0 saturated carbocycles. The number of amides is 3. The van der Waals surface area contributed by atoms with Gasteiger partial charge in [0, 0.05) is 37.0 Å². The second-order valence-corrected chi connectivity index (χ2v) is 14.8. The van der Waals surface area contributed by atoms with Crippen molar-refractivity contribution in [1.29, 1.82) is 0 Å². The Morgan fingerprint density at radius 2 is 1.58 bits per heavy atom. The summed E-state index contributed by atoms with van der Waals surface area (Å²) in [6.07, 6.45) is 0.932. The fourth-order valence-electron chi connectivity index (χ4n) is 5.31. The average Bonchev–Trinajstić information content (AvgIpc) is 3.79. The third kappa shape index (κ3) is 12.4. The third-order valence-electron chi connectivity index (χ3n) is 8.04. The number of urea groups is 1. The van der Waals surface area contributed by atoms with Gasteiger partial charge in [-0.25, -0.2) is 9.78 Å². The van der Waals surface area contributed by atoms with Gasteiger partial charge in [0.15, 0.2) is 5.78 Å². The number of ketones is 1. The summed E-state index contributed by atoms with van der Waals surface area (Å²) in [6.45, 7) is 8.33. The molecule has 11 nitrogen and oxygen atoms in total. The number of thiazole rings is 2. The Kier molecular flexibility index (Phi) is 15.0. The molecule has 0 bridgehead atoms. The molecule has 3 unspecified atom stereocenters. The first kappa shape index (κ1) is 38.8. The van der Waals surface area contributed by atoms with Crippen LogP contribution in [0.4, 0.5) is 4.79 Å².